The van der Waals surface area contributed by atoms with Crippen LogP contribution in [0.3, 0.4) is 0 Å². The Morgan fingerprint density at radius 1 is 1.03 bits per heavy atom. The standard InChI is InChI=1S/C25H33N5O3/c31-23(17-19-6-2-1-3-7-19)27-21-10-14-29(15-11-21)25(33)28-22-9-4-8-20(16-22)18-30-13-5-12-26-24(30)32/h4-5,8-9,12-13,16,19,21H,1-3,6-7,10-11,14-15,17-18H2,(H,27,31)(H,28,33). The van der Waals surface area contributed by atoms with Crippen LogP contribution >= 0.6 is 0 Å². The summed E-state index contributed by atoms with van der Waals surface area (Å²) in [6.07, 6.45) is 11.5. The highest BCUT2D eigenvalue weighted by atomic mass is 16.2. The molecule has 176 valence electrons. The van der Waals surface area contributed by atoms with E-state index in [1.807, 2.05) is 24.3 Å². The first-order valence-electron chi connectivity index (χ1n) is 12.0. The smallest absolute Gasteiger partial charge is 0.347 e. The fraction of sp³-hybridized carbons (Fsp3) is 0.520. The number of carbonyl (C=O) groups is 2. The van der Waals surface area contributed by atoms with Crippen molar-refractivity contribution in [1.29, 1.82) is 0 Å². The van der Waals surface area contributed by atoms with Crippen molar-refractivity contribution >= 4 is 17.6 Å². The Morgan fingerprint density at radius 3 is 2.58 bits per heavy atom. The maximum Gasteiger partial charge on any atom is 0.347 e. The maximum atomic E-state index is 12.7. The lowest BCUT2D eigenvalue weighted by molar-refractivity contribution is -0.123. The molecule has 33 heavy (non-hydrogen) atoms. The van der Waals surface area contributed by atoms with Gasteiger partial charge in [0.25, 0.3) is 0 Å². The van der Waals surface area contributed by atoms with Crippen LogP contribution in [0.25, 0.3) is 0 Å². The molecule has 2 heterocycles. The van der Waals surface area contributed by atoms with Crippen LogP contribution in [0.4, 0.5) is 10.5 Å². The molecule has 0 bridgehead atoms. The van der Waals surface area contributed by atoms with Crippen molar-refractivity contribution in [2.24, 2.45) is 5.92 Å². The van der Waals surface area contributed by atoms with E-state index in [2.05, 4.69) is 15.6 Å². The van der Waals surface area contributed by atoms with E-state index in [0.717, 1.165) is 18.4 Å². The van der Waals surface area contributed by atoms with Gasteiger partial charge in [0.1, 0.15) is 0 Å². The van der Waals surface area contributed by atoms with Crippen LogP contribution in [0.2, 0.25) is 0 Å². The molecule has 0 unspecified atom stereocenters. The number of rotatable bonds is 6. The largest absolute Gasteiger partial charge is 0.353 e. The van der Waals surface area contributed by atoms with Crippen molar-refractivity contribution in [3.8, 4) is 0 Å². The Labute approximate surface area is 194 Å². The first-order chi connectivity index (χ1) is 16.1. The molecule has 0 spiro atoms. The number of hydrogen-bond acceptors (Lipinski definition) is 4. The van der Waals surface area contributed by atoms with E-state index < -0.39 is 0 Å². The lowest BCUT2D eigenvalue weighted by Gasteiger charge is -2.33. The highest BCUT2D eigenvalue weighted by Gasteiger charge is 2.25. The first-order valence-corrected chi connectivity index (χ1v) is 12.0. The summed E-state index contributed by atoms with van der Waals surface area (Å²) in [6.45, 7) is 1.62. The maximum absolute atomic E-state index is 12.7. The molecule has 2 aromatic rings. The van der Waals surface area contributed by atoms with E-state index in [0.29, 0.717) is 37.7 Å². The summed E-state index contributed by atoms with van der Waals surface area (Å²) < 4.78 is 1.52. The van der Waals surface area contributed by atoms with Crippen LogP contribution in [0, 0.1) is 5.92 Å². The fourth-order valence-electron chi connectivity index (χ4n) is 4.82. The van der Waals surface area contributed by atoms with E-state index >= 15 is 0 Å². The molecule has 1 aliphatic heterocycles. The topological polar surface area (TPSA) is 96.3 Å². The normalized spacial score (nSPS) is 17.5. The lowest BCUT2D eigenvalue weighted by Crippen LogP contribution is -2.48. The minimum atomic E-state index is -0.305. The van der Waals surface area contributed by atoms with Gasteiger partial charge in [0.05, 0.1) is 6.54 Å². The van der Waals surface area contributed by atoms with Crippen molar-refractivity contribution in [3.63, 3.8) is 0 Å². The van der Waals surface area contributed by atoms with E-state index in [4.69, 9.17) is 0 Å². The summed E-state index contributed by atoms with van der Waals surface area (Å²) >= 11 is 0. The predicted octanol–water partition coefficient (Wildman–Crippen LogP) is 3.37. The van der Waals surface area contributed by atoms with Gasteiger partial charge in [-0.2, -0.15) is 0 Å². The Balaban J connectivity index is 1.23. The zero-order valence-corrected chi connectivity index (χ0v) is 19.0. The number of likely N-dealkylation sites (tertiary alicyclic amines) is 1. The van der Waals surface area contributed by atoms with Gasteiger partial charge in [0, 0.05) is 43.6 Å². The summed E-state index contributed by atoms with van der Waals surface area (Å²) in [5.74, 6) is 0.700. The molecule has 4 rings (SSSR count). The quantitative estimate of drug-likeness (QED) is 0.704. The molecule has 0 radical (unpaired) electrons. The minimum Gasteiger partial charge on any atom is -0.353 e. The van der Waals surface area contributed by atoms with Gasteiger partial charge in [-0.05, 0) is 55.4 Å². The second-order valence-corrected chi connectivity index (χ2v) is 9.20. The average molecular weight is 452 g/mol. The molecular formula is C25H33N5O3. The highest BCUT2D eigenvalue weighted by Crippen LogP contribution is 2.26. The SMILES string of the molecule is O=C(CC1CCCCC1)NC1CCN(C(=O)Nc2cccc(Cn3cccnc3=O)c2)CC1. The van der Waals surface area contributed by atoms with Gasteiger partial charge in [-0.25, -0.2) is 14.6 Å². The van der Waals surface area contributed by atoms with Crippen LogP contribution in [-0.2, 0) is 11.3 Å². The third kappa shape index (κ3) is 6.66. The number of urea groups is 1. The molecule has 3 amide bonds. The van der Waals surface area contributed by atoms with Gasteiger partial charge in [0.2, 0.25) is 5.91 Å². The minimum absolute atomic E-state index is 0.141. The van der Waals surface area contributed by atoms with Crippen molar-refractivity contribution in [2.75, 3.05) is 18.4 Å². The van der Waals surface area contributed by atoms with E-state index in [1.54, 1.807) is 17.2 Å². The molecular weight excluding hydrogens is 418 g/mol. The number of nitrogens with zero attached hydrogens (tertiary/aromatic N) is 3. The van der Waals surface area contributed by atoms with Gasteiger partial charge >= 0.3 is 11.7 Å². The monoisotopic (exact) mass is 451 g/mol. The summed E-state index contributed by atoms with van der Waals surface area (Å²) in [7, 11) is 0. The van der Waals surface area contributed by atoms with Crippen LogP contribution in [0.15, 0.2) is 47.5 Å². The van der Waals surface area contributed by atoms with Gasteiger partial charge in [-0.15, -0.1) is 0 Å². The van der Waals surface area contributed by atoms with Gasteiger partial charge in [-0.1, -0.05) is 31.4 Å². The van der Waals surface area contributed by atoms with Crippen LogP contribution in [0.5, 0.6) is 0 Å². The Morgan fingerprint density at radius 2 is 1.82 bits per heavy atom. The predicted molar refractivity (Wildman–Crippen MR) is 127 cm³/mol. The van der Waals surface area contributed by atoms with Crippen LogP contribution in [-0.4, -0.2) is 45.5 Å². The molecule has 1 saturated carbocycles. The van der Waals surface area contributed by atoms with Crippen molar-refractivity contribution in [2.45, 2.75) is 64.0 Å². The first kappa shape index (κ1) is 23.0. The molecule has 2 aliphatic rings. The van der Waals surface area contributed by atoms with Gasteiger partial charge < -0.3 is 15.5 Å². The number of anilines is 1. The number of aromatic nitrogens is 2. The van der Waals surface area contributed by atoms with E-state index in [1.165, 1.54) is 42.9 Å². The summed E-state index contributed by atoms with van der Waals surface area (Å²) in [4.78, 5) is 42.5. The number of carbonyl (C=O) groups excluding carboxylic acids is 2. The molecule has 8 heteroatoms. The number of hydrogen-bond donors (Lipinski definition) is 2. The van der Waals surface area contributed by atoms with Crippen LogP contribution in [0.1, 0.15) is 56.9 Å². The fourth-order valence-corrected chi connectivity index (χ4v) is 4.82. The second kappa shape index (κ2) is 11.1. The molecule has 1 aromatic heterocycles. The Hall–Kier alpha value is -3.16. The molecule has 0 atom stereocenters. The molecule has 2 fully saturated rings. The number of nitrogens with one attached hydrogen (secondary N) is 2. The van der Waals surface area contributed by atoms with Crippen molar-refractivity contribution in [3.05, 3.63) is 58.8 Å². The molecule has 8 nitrogen and oxygen atoms in total. The third-order valence-corrected chi connectivity index (χ3v) is 6.66. The number of benzene rings is 1. The van der Waals surface area contributed by atoms with E-state index in [9.17, 15) is 14.4 Å². The lowest BCUT2D eigenvalue weighted by atomic mass is 9.86. The number of piperidine rings is 1. The number of amides is 3. The summed E-state index contributed by atoms with van der Waals surface area (Å²) in [5.41, 5.74) is 1.29. The summed E-state index contributed by atoms with van der Waals surface area (Å²) in [5, 5.41) is 6.14. The second-order valence-electron chi connectivity index (χ2n) is 9.20. The van der Waals surface area contributed by atoms with Gasteiger partial charge in [-0.3, -0.25) is 9.36 Å². The van der Waals surface area contributed by atoms with Gasteiger partial charge in [0.15, 0.2) is 0 Å². The molecule has 1 saturated heterocycles. The van der Waals surface area contributed by atoms with Crippen LogP contribution < -0.4 is 16.3 Å². The average Bonchev–Trinajstić information content (AvgIpc) is 2.82. The Bertz CT molecular complexity index is 1010. The highest BCUT2D eigenvalue weighted by molar-refractivity contribution is 5.89. The Kier molecular flexibility index (Phi) is 7.75. The van der Waals surface area contributed by atoms with Crippen molar-refractivity contribution < 1.29 is 9.59 Å². The zero-order valence-electron chi connectivity index (χ0n) is 19.0. The summed E-state index contributed by atoms with van der Waals surface area (Å²) in [6, 6.07) is 9.21. The molecule has 2 N–H and O–H groups in total. The third-order valence-electron chi connectivity index (χ3n) is 6.66. The zero-order chi connectivity index (χ0) is 23.0. The molecule has 1 aliphatic carbocycles. The van der Waals surface area contributed by atoms with Crippen molar-refractivity contribution in [1.82, 2.24) is 19.8 Å². The molecule has 1 aromatic carbocycles. The van der Waals surface area contributed by atoms with E-state index in [-0.39, 0.29) is 23.7 Å².